The zero-order valence-electron chi connectivity index (χ0n) is 8.81. The Morgan fingerprint density at radius 2 is 1.94 bits per heavy atom. The van der Waals surface area contributed by atoms with Crippen LogP contribution in [-0.4, -0.2) is 15.2 Å². The molecule has 0 radical (unpaired) electrons. The molecule has 84 valence electrons. The standard InChI is InChI=1S/C12H9IN4/c13-9-6-8-11(14)16-17-12(8)15-10(9)7-4-2-1-3-5-7/h1-6H,(H3,14,15,16,17). The van der Waals surface area contributed by atoms with Crippen molar-refractivity contribution in [3.63, 3.8) is 0 Å². The van der Waals surface area contributed by atoms with Crippen molar-refractivity contribution in [1.82, 2.24) is 15.2 Å². The predicted octanol–water partition coefficient (Wildman–Crippen LogP) is 2.81. The number of benzene rings is 1. The highest BCUT2D eigenvalue weighted by atomic mass is 127. The second kappa shape index (κ2) is 3.99. The summed E-state index contributed by atoms with van der Waals surface area (Å²) in [6.07, 6.45) is 0. The van der Waals surface area contributed by atoms with Crippen molar-refractivity contribution in [1.29, 1.82) is 0 Å². The molecule has 0 spiro atoms. The third-order valence-electron chi connectivity index (χ3n) is 2.58. The van der Waals surface area contributed by atoms with E-state index in [1.54, 1.807) is 0 Å². The van der Waals surface area contributed by atoms with E-state index < -0.39 is 0 Å². The molecule has 2 heterocycles. The number of aromatic amines is 1. The van der Waals surface area contributed by atoms with Gasteiger partial charge in [0.15, 0.2) is 11.5 Å². The number of nitrogens with zero attached hydrogens (tertiary/aromatic N) is 2. The molecule has 0 atom stereocenters. The first-order chi connectivity index (χ1) is 8.25. The van der Waals surface area contributed by atoms with Crippen LogP contribution in [0.1, 0.15) is 0 Å². The van der Waals surface area contributed by atoms with E-state index in [0.717, 1.165) is 25.9 Å². The minimum absolute atomic E-state index is 0.491. The number of rotatable bonds is 1. The first-order valence-corrected chi connectivity index (χ1v) is 6.19. The number of aromatic nitrogens is 3. The fourth-order valence-corrected chi connectivity index (χ4v) is 2.48. The van der Waals surface area contributed by atoms with Gasteiger partial charge in [-0.25, -0.2) is 4.98 Å². The molecule has 4 nitrogen and oxygen atoms in total. The van der Waals surface area contributed by atoms with Crippen LogP contribution in [0.25, 0.3) is 22.3 Å². The topological polar surface area (TPSA) is 67.6 Å². The molecule has 1 aromatic carbocycles. The first kappa shape index (κ1) is 10.5. The van der Waals surface area contributed by atoms with Gasteiger partial charge in [0.05, 0.1) is 11.1 Å². The van der Waals surface area contributed by atoms with Crippen LogP contribution in [0.3, 0.4) is 0 Å². The Morgan fingerprint density at radius 1 is 1.18 bits per heavy atom. The van der Waals surface area contributed by atoms with Gasteiger partial charge in [-0.1, -0.05) is 30.3 Å². The molecule has 0 saturated carbocycles. The summed E-state index contributed by atoms with van der Waals surface area (Å²) < 4.78 is 1.06. The number of pyridine rings is 1. The summed E-state index contributed by atoms with van der Waals surface area (Å²) in [5.41, 5.74) is 8.51. The number of hydrogen-bond donors (Lipinski definition) is 2. The van der Waals surface area contributed by atoms with E-state index >= 15 is 0 Å². The number of nitrogens with one attached hydrogen (secondary N) is 1. The van der Waals surface area contributed by atoms with Gasteiger partial charge in [0.1, 0.15) is 0 Å². The molecule has 0 aliphatic carbocycles. The fraction of sp³-hybridized carbons (Fsp3) is 0. The fourth-order valence-electron chi connectivity index (χ4n) is 1.74. The molecule has 0 aliphatic heterocycles. The van der Waals surface area contributed by atoms with Crippen LogP contribution in [0.5, 0.6) is 0 Å². The molecule has 3 N–H and O–H groups in total. The van der Waals surface area contributed by atoms with E-state index in [9.17, 15) is 0 Å². The van der Waals surface area contributed by atoms with Crippen LogP contribution >= 0.6 is 22.6 Å². The lowest BCUT2D eigenvalue weighted by Gasteiger charge is -2.03. The quantitative estimate of drug-likeness (QED) is 0.672. The maximum Gasteiger partial charge on any atom is 0.158 e. The monoisotopic (exact) mass is 336 g/mol. The van der Waals surface area contributed by atoms with Crippen molar-refractivity contribution < 1.29 is 0 Å². The number of nitrogen functional groups attached to an aromatic ring is 1. The lowest BCUT2D eigenvalue weighted by atomic mass is 10.1. The maximum atomic E-state index is 5.75. The molecule has 0 unspecified atom stereocenters. The summed E-state index contributed by atoms with van der Waals surface area (Å²) in [6, 6.07) is 12.1. The Morgan fingerprint density at radius 3 is 2.71 bits per heavy atom. The van der Waals surface area contributed by atoms with Gasteiger partial charge in [-0.3, -0.25) is 5.10 Å². The molecule has 0 amide bonds. The van der Waals surface area contributed by atoms with E-state index in [4.69, 9.17) is 5.73 Å². The van der Waals surface area contributed by atoms with Gasteiger partial charge in [0, 0.05) is 9.13 Å². The normalized spacial score (nSPS) is 10.9. The number of hydrogen-bond acceptors (Lipinski definition) is 3. The van der Waals surface area contributed by atoms with Crippen molar-refractivity contribution in [2.45, 2.75) is 0 Å². The van der Waals surface area contributed by atoms with Crippen LogP contribution in [0.2, 0.25) is 0 Å². The van der Waals surface area contributed by atoms with Gasteiger partial charge >= 0.3 is 0 Å². The van der Waals surface area contributed by atoms with Gasteiger partial charge in [-0.05, 0) is 28.7 Å². The molecule has 2 aromatic heterocycles. The van der Waals surface area contributed by atoms with E-state index in [2.05, 4.69) is 37.8 Å². The zero-order chi connectivity index (χ0) is 11.8. The molecule has 3 aromatic rings. The van der Waals surface area contributed by atoms with Crippen LogP contribution < -0.4 is 5.73 Å². The summed E-state index contributed by atoms with van der Waals surface area (Å²) in [7, 11) is 0. The van der Waals surface area contributed by atoms with Crippen LogP contribution in [-0.2, 0) is 0 Å². The third kappa shape index (κ3) is 1.76. The molecular weight excluding hydrogens is 327 g/mol. The SMILES string of the molecule is Nc1n[nH]c2nc(-c3ccccc3)c(I)cc12. The van der Waals surface area contributed by atoms with Crippen LogP contribution in [0, 0.1) is 3.57 Å². The first-order valence-electron chi connectivity index (χ1n) is 5.11. The maximum absolute atomic E-state index is 5.75. The smallest absolute Gasteiger partial charge is 0.158 e. The Labute approximate surface area is 111 Å². The Hall–Kier alpha value is -1.63. The Bertz CT molecular complexity index is 676. The zero-order valence-corrected chi connectivity index (χ0v) is 11.0. The summed E-state index contributed by atoms with van der Waals surface area (Å²) in [4.78, 5) is 4.56. The largest absolute Gasteiger partial charge is 0.382 e. The summed E-state index contributed by atoms with van der Waals surface area (Å²) >= 11 is 2.27. The minimum Gasteiger partial charge on any atom is -0.382 e. The van der Waals surface area contributed by atoms with Gasteiger partial charge in [-0.15, -0.1) is 0 Å². The predicted molar refractivity (Wildman–Crippen MR) is 76.5 cm³/mol. The van der Waals surface area contributed by atoms with Crippen LogP contribution in [0.4, 0.5) is 5.82 Å². The number of H-pyrrole nitrogens is 1. The number of anilines is 1. The highest BCUT2D eigenvalue weighted by Crippen LogP contribution is 2.27. The van der Waals surface area contributed by atoms with Gasteiger partial charge in [-0.2, -0.15) is 5.10 Å². The molecular formula is C12H9IN4. The highest BCUT2D eigenvalue weighted by Gasteiger charge is 2.10. The van der Waals surface area contributed by atoms with Crippen LogP contribution in [0.15, 0.2) is 36.4 Å². The molecule has 0 aliphatic rings. The van der Waals surface area contributed by atoms with Crippen molar-refractivity contribution in [3.8, 4) is 11.3 Å². The molecule has 0 fully saturated rings. The second-order valence-electron chi connectivity index (χ2n) is 3.69. The summed E-state index contributed by atoms with van der Waals surface area (Å²) in [5.74, 6) is 0.491. The molecule has 0 bridgehead atoms. The summed E-state index contributed by atoms with van der Waals surface area (Å²) in [6.45, 7) is 0. The molecule has 3 rings (SSSR count). The average Bonchev–Trinajstić information content (AvgIpc) is 2.71. The third-order valence-corrected chi connectivity index (χ3v) is 3.40. The lowest BCUT2D eigenvalue weighted by Crippen LogP contribution is -1.90. The number of halogens is 1. The molecule has 0 saturated heterocycles. The van der Waals surface area contributed by atoms with Gasteiger partial charge in [0.25, 0.3) is 0 Å². The van der Waals surface area contributed by atoms with Crippen molar-refractivity contribution in [3.05, 3.63) is 40.0 Å². The summed E-state index contributed by atoms with van der Waals surface area (Å²) in [5, 5.41) is 7.66. The van der Waals surface area contributed by atoms with Gasteiger partial charge < -0.3 is 5.73 Å². The van der Waals surface area contributed by atoms with E-state index in [1.165, 1.54) is 0 Å². The molecule has 5 heteroatoms. The number of nitrogens with two attached hydrogens (primary N) is 1. The highest BCUT2D eigenvalue weighted by molar-refractivity contribution is 14.1. The number of fused-ring (bicyclic) bond motifs is 1. The van der Waals surface area contributed by atoms with Crippen molar-refractivity contribution in [2.75, 3.05) is 5.73 Å². The molecule has 17 heavy (non-hydrogen) atoms. The van der Waals surface area contributed by atoms with E-state index in [-0.39, 0.29) is 0 Å². The van der Waals surface area contributed by atoms with E-state index in [0.29, 0.717) is 5.82 Å². The Kier molecular flexibility index (Phi) is 2.47. The lowest BCUT2D eigenvalue weighted by molar-refractivity contribution is 1.10. The van der Waals surface area contributed by atoms with Crippen molar-refractivity contribution in [2.24, 2.45) is 0 Å². The Balaban J connectivity index is 2.27. The van der Waals surface area contributed by atoms with E-state index in [1.807, 2.05) is 36.4 Å². The van der Waals surface area contributed by atoms with Crippen molar-refractivity contribution >= 4 is 39.4 Å². The average molecular weight is 336 g/mol. The second-order valence-corrected chi connectivity index (χ2v) is 4.85. The van der Waals surface area contributed by atoms with Gasteiger partial charge in [0.2, 0.25) is 0 Å². The minimum atomic E-state index is 0.491.